The quantitative estimate of drug-likeness (QED) is 0.269. The lowest BCUT2D eigenvalue weighted by Crippen LogP contribution is -2.36. The Morgan fingerprint density at radius 1 is 1.15 bits per heavy atom. The summed E-state index contributed by atoms with van der Waals surface area (Å²) in [5, 5.41) is 16.2. The van der Waals surface area contributed by atoms with Crippen LogP contribution in [0, 0.1) is 0 Å². The first kappa shape index (κ1) is 25.8. The first-order valence-electron chi connectivity index (χ1n) is 12.9. The number of aromatic nitrogens is 5. The van der Waals surface area contributed by atoms with Crippen molar-refractivity contribution < 1.29 is 14.7 Å². The van der Waals surface area contributed by atoms with Crippen molar-refractivity contribution in [2.75, 3.05) is 29.0 Å². The molecule has 0 aliphatic carbocycles. The van der Waals surface area contributed by atoms with Crippen LogP contribution in [0.4, 0.5) is 17.5 Å². The summed E-state index contributed by atoms with van der Waals surface area (Å²) in [5.74, 6) is 0.363. The van der Waals surface area contributed by atoms with Gasteiger partial charge < -0.3 is 26.4 Å². The number of nitrogens with two attached hydrogens (primary N) is 1. The molecule has 13 nitrogen and oxygen atoms in total. The summed E-state index contributed by atoms with van der Waals surface area (Å²) in [5.41, 5.74) is 5.38. The van der Waals surface area contributed by atoms with Gasteiger partial charge in [-0.05, 0) is 25.0 Å². The number of carbonyl (C=O) groups is 2. The van der Waals surface area contributed by atoms with E-state index in [4.69, 9.17) is 5.73 Å². The molecule has 2 aliphatic heterocycles. The van der Waals surface area contributed by atoms with Gasteiger partial charge in [-0.1, -0.05) is 6.92 Å². The van der Waals surface area contributed by atoms with E-state index in [1.165, 1.54) is 34.5 Å². The number of thiophene rings is 1. The van der Waals surface area contributed by atoms with E-state index in [0.717, 1.165) is 15.0 Å². The van der Waals surface area contributed by atoms with Gasteiger partial charge in [0.2, 0.25) is 11.9 Å². The number of nitrogens with zero attached hydrogens (tertiary/aromatic N) is 6. The Labute approximate surface area is 232 Å². The SMILES string of the molecule is C[C@@H]1C[C@@H](C(=O)NCc2cc3cnc(N)cc3s2)n2c1ncc(NC(=O)c1cnc(N3CC[C@@H](O)C3)nc1)c2=O. The summed E-state index contributed by atoms with van der Waals surface area (Å²) in [6.45, 7) is 3.27. The van der Waals surface area contributed by atoms with Crippen LogP contribution in [0.1, 0.15) is 52.8 Å². The molecule has 14 heteroatoms. The van der Waals surface area contributed by atoms with Crippen LogP contribution in [-0.2, 0) is 11.3 Å². The molecule has 6 rings (SSSR count). The molecule has 1 fully saturated rings. The molecule has 0 spiro atoms. The molecule has 206 valence electrons. The standard InChI is InChI=1S/C26H27N9O4S/c1-13-4-19(24(38)30-10-17-5-14-7-28-21(27)6-20(14)40-17)35-22(13)29-11-18(25(35)39)33-23(37)15-8-31-26(32-9-15)34-3-2-16(36)12-34/h5-9,11,13,16,19,36H,2-4,10,12H2,1H3,(H2,27,28)(H,30,38)(H,33,37)/t13-,16-,19+/m1/s1. The van der Waals surface area contributed by atoms with Crippen LogP contribution in [-0.4, -0.2) is 60.6 Å². The van der Waals surface area contributed by atoms with Gasteiger partial charge in [0.25, 0.3) is 11.5 Å². The number of hydrogen-bond acceptors (Lipinski definition) is 11. The van der Waals surface area contributed by atoms with E-state index in [0.29, 0.717) is 50.1 Å². The van der Waals surface area contributed by atoms with Gasteiger partial charge in [-0.2, -0.15) is 0 Å². The number of nitrogens with one attached hydrogen (secondary N) is 2. The largest absolute Gasteiger partial charge is 0.391 e. The zero-order valence-corrected chi connectivity index (χ0v) is 22.4. The highest BCUT2D eigenvalue weighted by Gasteiger charge is 2.36. The van der Waals surface area contributed by atoms with Crippen LogP contribution in [0.3, 0.4) is 0 Å². The van der Waals surface area contributed by atoms with Gasteiger partial charge in [-0.3, -0.25) is 19.0 Å². The molecule has 3 atom stereocenters. The zero-order valence-electron chi connectivity index (χ0n) is 21.6. The van der Waals surface area contributed by atoms with E-state index in [2.05, 4.69) is 30.6 Å². The molecule has 4 aromatic heterocycles. The number of aliphatic hydroxyl groups is 1. The normalized spacial score (nSPS) is 20.1. The Bertz CT molecular complexity index is 1670. The fourth-order valence-corrected chi connectivity index (χ4v) is 6.13. The van der Waals surface area contributed by atoms with Crippen molar-refractivity contribution >= 4 is 50.7 Å². The number of pyridine rings is 1. The first-order chi connectivity index (χ1) is 19.3. The second kappa shape index (κ2) is 10.3. The minimum Gasteiger partial charge on any atom is -0.391 e. The van der Waals surface area contributed by atoms with Gasteiger partial charge in [-0.25, -0.2) is 19.9 Å². The van der Waals surface area contributed by atoms with Crippen molar-refractivity contribution in [2.45, 2.75) is 44.4 Å². The van der Waals surface area contributed by atoms with Gasteiger partial charge in [0, 0.05) is 52.6 Å². The molecule has 0 aromatic carbocycles. The summed E-state index contributed by atoms with van der Waals surface area (Å²) < 4.78 is 2.34. The lowest BCUT2D eigenvalue weighted by Gasteiger charge is -2.16. The minimum absolute atomic E-state index is 0.0398. The summed E-state index contributed by atoms with van der Waals surface area (Å²) in [7, 11) is 0. The molecular formula is C26H27N9O4S. The smallest absolute Gasteiger partial charge is 0.278 e. The number of carbonyl (C=O) groups excluding carboxylic acids is 2. The maximum Gasteiger partial charge on any atom is 0.278 e. The van der Waals surface area contributed by atoms with Crippen LogP contribution in [0.2, 0.25) is 0 Å². The number of aliphatic hydroxyl groups excluding tert-OH is 1. The molecule has 2 aliphatic rings. The predicted octanol–water partition coefficient (Wildman–Crippen LogP) is 1.41. The minimum atomic E-state index is -0.757. The van der Waals surface area contributed by atoms with E-state index in [-0.39, 0.29) is 23.1 Å². The first-order valence-corrected chi connectivity index (χ1v) is 13.7. The third-order valence-corrected chi connectivity index (χ3v) is 8.26. The van der Waals surface area contributed by atoms with Crippen molar-refractivity contribution in [1.82, 2.24) is 29.8 Å². The molecule has 2 amide bonds. The lowest BCUT2D eigenvalue weighted by molar-refractivity contribution is -0.124. The predicted molar refractivity (Wildman–Crippen MR) is 149 cm³/mol. The Morgan fingerprint density at radius 2 is 1.95 bits per heavy atom. The molecule has 0 radical (unpaired) electrons. The molecule has 6 heterocycles. The summed E-state index contributed by atoms with van der Waals surface area (Å²) in [4.78, 5) is 59.2. The van der Waals surface area contributed by atoms with Gasteiger partial charge in [0.1, 0.15) is 23.4 Å². The topological polar surface area (TPSA) is 181 Å². The summed E-state index contributed by atoms with van der Waals surface area (Å²) in [6.07, 6.45) is 6.39. The van der Waals surface area contributed by atoms with Crippen molar-refractivity contribution in [3.8, 4) is 0 Å². The highest BCUT2D eigenvalue weighted by molar-refractivity contribution is 7.19. The Hall–Kier alpha value is -4.43. The van der Waals surface area contributed by atoms with Crippen molar-refractivity contribution in [3.05, 3.63) is 63.5 Å². The molecule has 0 unspecified atom stereocenters. The van der Waals surface area contributed by atoms with Crippen molar-refractivity contribution in [2.24, 2.45) is 0 Å². The van der Waals surface area contributed by atoms with Gasteiger partial charge in [0.05, 0.1) is 24.4 Å². The number of amides is 2. The van der Waals surface area contributed by atoms with Crippen molar-refractivity contribution in [3.63, 3.8) is 0 Å². The lowest BCUT2D eigenvalue weighted by atomic mass is 10.1. The maximum absolute atomic E-state index is 13.4. The molecule has 40 heavy (non-hydrogen) atoms. The molecule has 0 saturated carbocycles. The van der Waals surface area contributed by atoms with E-state index in [1.54, 1.807) is 12.3 Å². The number of β-amino-alcohol motifs (C(OH)–C–C–N with tert-alkyl or cyclic N) is 1. The number of rotatable bonds is 6. The molecule has 5 N–H and O–H groups in total. The fourth-order valence-electron chi connectivity index (χ4n) is 5.11. The summed E-state index contributed by atoms with van der Waals surface area (Å²) >= 11 is 1.51. The van der Waals surface area contributed by atoms with Crippen molar-refractivity contribution in [1.29, 1.82) is 0 Å². The van der Waals surface area contributed by atoms with Crippen LogP contribution >= 0.6 is 11.3 Å². The maximum atomic E-state index is 13.4. The van der Waals surface area contributed by atoms with Crippen LogP contribution in [0.5, 0.6) is 0 Å². The van der Waals surface area contributed by atoms with Crippen LogP contribution in [0.25, 0.3) is 10.1 Å². The third-order valence-electron chi connectivity index (χ3n) is 7.16. The second-order valence-electron chi connectivity index (χ2n) is 10.0. The van der Waals surface area contributed by atoms with Crippen LogP contribution in [0.15, 0.2) is 41.7 Å². The van der Waals surface area contributed by atoms with Gasteiger partial charge >= 0.3 is 0 Å². The Balaban J connectivity index is 1.16. The van der Waals surface area contributed by atoms with Gasteiger partial charge in [0.15, 0.2) is 0 Å². The zero-order chi connectivity index (χ0) is 28.0. The van der Waals surface area contributed by atoms with E-state index in [9.17, 15) is 19.5 Å². The van der Waals surface area contributed by atoms with Gasteiger partial charge in [-0.15, -0.1) is 11.3 Å². The molecular weight excluding hydrogens is 534 g/mol. The fraction of sp³-hybridized carbons (Fsp3) is 0.346. The number of nitrogen functional groups attached to an aromatic ring is 1. The number of fused-ring (bicyclic) bond motifs is 2. The number of hydrogen-bond donors (Lipinski definition) is 4. The van der Waals surface area contributed by atoms with E-state index >= 15 is 0 Å². The highest BCUT2D eigenvalue weighted by Crippen LogP contribution is 2.33. The molecule has 0 bridgehead atoms. The monoisotopic (exact) mass is 561 g/mol. The number of anilines is 3. The average molecular weight is 562 g/mol. The third kappa shape index (κ3) is 4.86. The molecule has 4 aromatic rings. The Morgan fingerprint density at radius 3 is 2.70 bits per heavy atom. The Kier molecular flexibility index (Phi) is 6.64. The highest BCUT2D eigenvalue weighted by atomic mass is 32.1. The summed E-state index contributed by atoms with van der Waals surface area (Å²) in [6, 6.07) is 2.98. The van der Waals surface area contributed by atoms with E-state index < -0.39 is 23.6 Å². The van der Waals surface area contributed by atoms with Crippen LogP contribution < -0.4 is 26.8 Å². The second-order valence-corrected chi connectivity index (χ2v) is 11.2. The molecule has 1 saturated heterocycles. The van der Waals surface area contributed by atoms with E-state index in [1.807, 2.05) is 17.9 Å². The average Bonchev–Trinajstić information content (AvgIpc) is 3.65.